The summed E-state index contributed by atoms with van der Waals surface area (Å²) in [5.74, 6) is -1.81. The Bertz CT molecular complexity index is 427. The minimum atomic E-state index is -2.06. The highest BCUT2D eigenvalue weighted by Gasteiger charge is 2.40. The van der Waals surface area contributed by atoms with Gasteiger partial charge in [-0.05, 0) is 24.6 Å². The SMILES string of the molecule is COC(=O)C(O)(CC(C)=O)c1ccc(F)cc1. The Morgan fingerprint density at radius 1 is 1.35 bits per heavy atom. The monoisotopic (exact) mass is 240 g/mol. The van der Waals surface area contributed by atoms with Crippen molar-refractivity contribution in [3.63, 3.8) is 0 Å². The van der Waals surface area contributed by atoms with Gasteiger partial charge in [0.15, 0.2) is 5.60 Å². The fourth-order valence-electron chi connectivity index (χ4n) is 1.55. The topological polar surface area (TPSA) is 63.6 Å². The van der Waals surface area contributed by atoms with Gasteiger partial charge in [0.25, 0.3) is 0 Å². The molecule has 0 heterocycles. The van der Waals surface area contributed by atoms with Gasteiger partial charge in [0.05, 0.1) is 7.11 Å². The van der Waals surface area contributed by atoms with E-state index in [0.29, 0.717) is 0 Å². The zero-order chi connectivity index (χ0) is 13.1. The van der Waals surface area contributed by atoms with Crippen LogP contribution in [0.2, 0.25) is 0 Å². The second-order valence-electron chi connectivity index (χ2n) is 3.74. The maximum atomic E-state index is 12.8. The second kappa shape index (κ2) is 5.05. The highest BCUT2D eigenvalue weighted by atomic mass is 19.1. The van der Waals surface area contributed by atoms with Crippen molar-refractivity contribution < 1.29 is 23.8 Å². The van der Waals surface area contributed by atoms with Crippen molar-refractivity contribution in [3.8, 4) is 0 Å². The molecule has 92 valence electrons. The summed E-state index contributed by atoms with van der Waals surface area (Å²) in [5, 5.41) is 10.2. The van der Waals surface area contributed by atoms with Crippen LogP contribution in [-0.4, -0.2) is 24.0 Å². The number of carbonyl (C=O) groups is 2. The number of carbonyl (C=O) groups excluding carboxylic acids is 2. The van der Waals surface area contributed by atoms with Crippen LogP contribution in [0.1, 0.15) is 18.9 Å². The van der Waals surface area contributed by atoms with Crippen molar-refractivity contribution in [3.05, 3.63) is 35.6 Å². The summed E-state index contributed by atoms with van der Waals surface area (Å²) in [5.41, 5.74) is -1.94. The lowest BCUT2D eigenvalue weighted by Gasteiger charge is -2.24. The minimum absolute atomic E-state index is 0.126. The maximum Gasteiger partial charge on any atom is 0.343 e. The predicted molar refractivity (Wildman–Crippen MR) is 57.6 cm³/mol. The number of esters is 1. The van der Waals surface area contributed by atoms with E-state index in [1.807, 2.05) is 0 Å². The van der Waals surface area contributed by atoms with Crippen molar-refractivity contribution in [1.82, 2.24) is 0 Å². The van der Waals surface area contributed by atoms with Gasteiger partial charge in [-0.2, -0.15) is 0 Å². The van der Waals surface area contributed by atoms with Gasteiger partial charge in [0.2, 0.25) is 0 Å². The van der Waals surface area contributed by atoms with Gasteiger partial charge >= 0.3 is 5.97 Å². The molecule has 0 saturated carbocycles. The highest BCUT2D eigenvalue weighted by molar-refractivity contribution is 5.88. The molecule has 1 N–H and O–H groups in total. The molecule has 0 bridgehead atoms. The first kappa shape index (κ1) is 13.3. The Hall–Kier alpha value is -1.75. The van der Waals surface area contributed by atoms with Gasteiger partial charge < -0.3 is 9.84 Å². The first-order valence-corrected chi connectivity index (χ1v) is 4.96. The molecule has 4 nitrogen and oxygen atoms in total. The highest BCUT2D eigenvalue weighted by Crippen LogP contribution is 2.27. The third-order valence-electron chi connectivity index (χ3n) is 2.35. The normalized spacial score (nSPS) is 13.9. The van der Waals surface area contributed by atoms with E-state index in [2.05, 4.69) is 4.74 Å². The first-order valence-electron chi connectivity index (χ1n) is 4.96. The number of ketones is 1. The first-order chi connectivity index (χ1) is 7.90. The molecule has 0 aromatic heterocycles. The number of halogens is 1. The molecule has 1 aromatic carbocycles. The molecular formula is C12H13FO4. The number of hydrogen-bond donors (Lipinski definition) is 1. The molecule has 0 fully saturated rings. The molecule has 1 atom stereocenters. The zero-order valence-electron chi connectivity index (χ0n) is 9.57. The van der Waals surface area contributed by atoms with Crippen LogP contribution in [0.25, 0.3) is 0 Å². The molecule has 5 heteroatoms. The second-order valence-corrected chi connectivity index (χ2v) is 3.74. The van der Waals surface area contributed by atoms with E-state index in [4.69, 9.17) is 0 Å². The average molecular weight is 240 g/mol. The molecule has 0 aliphatic rings. The summed E-state index contributed by atoms with van der Waals surface area (Å²) < 4.78 is 17.2. The third kappa shape index (κ3) is 2.88. The minimum Gasteiger partial charge on any atom is -0.467 e. The molecule has 0 aliphatic heterocycles. The van der Waals surface area contributed by atoms with E-state index >= 15 is 0 Å². The number of methoxy groups -OCH3 is 1. The van der Waals surface area contributed by atoms with Crippen LogP contribution >= 0.6 is 0 Å². The number of Topliss-reactive ketones (excluding diaryl/α,β-unsaturated/α-hetero) is 1. The largest absolute Gasteiger partial charge is 0.467 e. The van der Waals surface area contributed by atoms with Crippen molar-refractivity contribution in [2.75, 3.05) is 7.11 Å². The van der Waals surface area contributed by atoms with Crippen molar-refractivity contribution >= 4 is 11.8 Å². The van der Waals surface area contributed by atoms with E-state index in [1.165, 1.54) is 19.1 Å². The Morgan fingerprint density at radius 3 is 2.29 bits per heavy atom. The Balaban J connectivity index is 3.18. The van der Waals surface area contributed by atoms with Gasteiger partial charge in [-0.3, -0.25) is 4.79 Å². The fraction of sp³-hybridized carbons (Fsp3) is 0.333. The van der Waals surface area contributed by atoms with Crippen LogP contribution in [-0.2, 0) is 19.9 Å². The van der Waals surface area contributed by atoms with E-state index in [9.17, 15) is 19.1 Å². The lowest BCUT2D eigenvalue weighted by atomic mass is 9.89. The van der Waals surface area contributed by atoms with Crippen molar-refractivity contribution in [2.45, 2.75) is 18.9 Å². The summed E-state index contributed by atoms with van der Waals surface area (Å²) in [4.78, 5) is 22.6. The van der Waals surface area contributed by atoms with Crippen LogP contribution in [0.3, 0.4) is 0 Å². The van der Waals surface area contributed by atoms with Gasteiger partial charge in [-0.15, -0.1) is 0 Å². The summed E-state index contributed by atoms with van der Waals surface area (Å²) >= 11 is 0. The summed E-state index contributed by atoms with van der Waals surface area (Å²) in [6, 6.07) is 4.69. The van der Waals surface area contributed by atoms with E-state index < -0.39 is 23.8 Å². The summed E-state index contributed by atoms with van der Waals surface area (Å²) in [6.45, 7) is 1.25. The van der Waals surface area contributed by atoms with Crippen molar-refractivity contribution in [2.24, 2.45) is 0 Å². The molecule has 0 radical (unpaired) electrons. The molecule has 0 aliphatic carbocycles. The van der Waals surface area contributed by atoms with Crippen LogP contribution in [0.5, 0.6) is 0 Å². The molecule has 17 heavy (non-hydrogen) atoms. The number of rotatable bonds is 4. The van der Waals surface area contributed by atoms with Crippen LogP contribution in [0.4, 0.5) is 4.39 Å². The number of ether oxygens (including phenoxy) is 1. The molecule has 0 amide bonds. The number of hydrogen-bond acceptors (Lipinski definition) is 4. The smallest absolute Gasteiger partial charge is 0.343 e. The molecular weight excluding hydrogens is 227 g/mol. The van der Waals surface area contributed by atoms with Crippen LogP contribution in [0.15, 0.2) is 24.3 Å². The van der Waals surface area contributed by atoms with E-state index in [1.54, 1.807) is 0 Å². The van der Waals surface area contributed by atoms with Gasteiger partial charge in [0.1, 0.15) is 11.6 Å². The third-order valence-corrected chi connectivity index (χ3v) is 2.35. The van der Waals surface area contributed by atoms with Gasteiger partial charge in [-0.25, -0.2) is 9.18 Å². The quantitative estimate of drug-likeness (QED) is 0.802. The lowest BCUT2D eigenvalue weighted by Crippen LogP contribution is -2.38. The average Bonchev–Trinajstić information content (AvgIpc) is 2.27. The molecule has 0 spiro atoms. The molecule has 0 saturated heterocycles. The van der Waals surface area contributed by atoms with Gasteiger partial charge in [-0.1, -0.05) is 12.1 Å². The molecule has 1 unspecified atom stereocenters. The zero-order valence-corrected chi connectivity index (χ0v) is 9.57. The standard InChI is InChI=1S/C12H13FO4/c1-8(14)7-12(16,11(15)17-2)9-3-5-10(13)6-4-9/h3-6,16H,7H2,1-2H3. The predicted octanol–water partition coefficient (Wildman–Crippen LogP) is 1.17. The van der Waals surface area contributed by atoms with Crippen LogP contribution < -0.4 is 0 Å². The van der Waals surface area contributed by atoms with Crippen molar-refractivity contribution in [1.29, 1.82) is 0 Å². The molecule has 1 rings (SSSR count). The van der Waals surface area contributed by atoms with E-state index in [0.717, 1.165) is 19.2 Å². The van der Waals surface area contributed by atoms with E-state index in [-0.39, 0.29) is 11.3 Å². The Labute approximate surface area is 98.0 Å². The fourth-order valence-corrected chi connectivity index (χ4v) is 1.55. The maximum absolute atomic E-state index is 12.8. The Kier molecular flexibility index (Phi) is 3.96. The number of aliphatic hydroxyl groups is 1. The van der Waals surface area contributed by atoms with Crippen LogP contribution in [0, 0.1) is 5.82 Å². The summed E-state index contributed by atoms with van der Waals surface area (Å²) in [7, 11) is 1.11. The van der Waals surface area contributed by atoms with Gasteiger partial charge in [0, 0.05) is 6.42 Å². The number of benzene rings is 1. The summed E-state index contributed by atoms with van der Waals surface area (Å²) in [6.07, 6.45) is -0.411. The Morgan fingerprint density at radius 2 is 1.88 bits per heavy atom. The molecule has 1 aromatic rings. The lowest BCUT2D eigenvalue weighted by molar-refractivity contribution is -0.166.